The molecule has 5 nitrogen and oxygen atoms in total. The minimum atomic E-state index is -0.202. The first kappa shape index (κ1) is 17.6. The summed E-state index contributed by atoms with van der Waals surface area (Å²) in [5.41, 5.74) is 4.90. The Hall–Kier alpha value is -3.21. The fourth-order valence-corrected chi connectivity index (χ4v) is 2.57. The van der Waals surface area contributed by atoms with Crippen LogP contribution in [0.3, 0.4) is 0 Å². The van der Waals surface area contributed by atoms with Crippen molar-refractivity contribution in [3.05, 3.63) is 83.3 Å². The van der Waals surface area contributed by atoms with Crippen LogP contribution in [0.1, 0.15) is 27.2 Å². The second-order valence-corrected chi connectivity index (χ2v) is 6.20. The minimum absolute atomic E-state index is 0.202. The fraction of sp³-hybridized carbons (Fsp3) is 0.190. The Bertz CT molecular complexity index is 894. The molecule has 3 aromatic rings. The van der Waals surface area contributed by atoms with E-state index < -0.39 is 0 Å². The third-order valence-electron chi connectivity index (χ3n) is 4.22. The molecule has 26 heavy (non-hydrogen) atoms. The predicted octanol–water partition coefficient (Wildman–Crippen LogP) is 3.81. The Labute approximate surface area is 153 Å². The van der Waals surface area contributed by atoms with Gasteiger partial charge in [0.2, 0.25) is 0 Å². The second-order valence-electron chi connectivity index (χ2n) is 6.20. The molecule has 2 aromatic carbocycles. The van der Waals surface area contributed by atoms with Crippen molar-refractivity contribution in [3.8, 4) is 0 Å². The fourth-order valence-electron chi connectivity index (χ4n) is 2.57. The number of hydrogen-bond acceptors (Lipinski definition) is 4. The maximum Gasteiger partial charge on any atom is 0.270 e. The molecule has 0 radical (unpaired) electrons. The smallest absolute Gasteiger partial charge is 0.270 e. The molecular weight excluding hydrogens is 324 g/mol. The van der Waals surface area contributed by atoms with Gasteiger partial charge in [0.15, 0.2) is 0 Å². The van der Waals surface area contributed by atoms with Crippen molar-refractivity contribution in [2.75, 3.05) is 11.9 Å². The second kappa shape index (κ2) is 8.25. The highest BCUT2D eigenvalue weighted by atomic mass is 16.1. The molecule has 0 bridgehead atoms. The van der Waals surface area contributed by atoms with Crippen LogP contribution in [-0.4, -0.2) is 22.4 Å². The molecule has 1 aromatic heterocycles. The zero-order valence-electron chi connectivity index (χ0n) is 15.0. The molecule has 1 amide bonds. The van der Waals surface area contributed by atoms with E-state index in [-0.39, 0.29) is 5.91 Å². The lowest BCUT2D eigenvalue weighted by Crippen LogP contribution is -2.26. The predicted molar refractivity (Wildman–Crippen MR) is 104 cm³/mol. The molecule has 0 saturated carbocycles. The highest BCUT2D eigenvalue weighted by Crippen LogP contribution is 2.18. The van der Waals surface area contributed by atoms with E-state index in [1.807, 2.05) is 36.4 Å². The molecule has 1 heterocycles. The van der Waals surface area contributed by atoms with Gasteiger partial charge in [-0.25, -0.2) is 9.97 Å². The third kappa shape index (κ3) is 4.66. The summed E-state index contributed by atoms with van der Waals surface area (Å²) in [6.07, 6.45) is 2.18. The molecule has 132 valence electrons. The van der Waals surface area contributed by atoms with Gasteiger partial charge in [0.1, 0.15) is 17.8 Å². The molecular formula is C21H22N4O. The van der Waals surface area contributed by atoms with Crippen LogP contribution < -0.4 is 10.6 Å². The molecule has 0 unspecified atom stereocenters. The van der Waals surface area contributed by atoms with Crippen LogP contribution in [0.25, 0.3) is 0 Å². The Morgan fingerprint density at radius 3 is 2.54 bits per heavy atom. The average molecular weight is 346 g/mol. The Kier molecular flexibility index (Phi) is 5.59. The SMILES string of the molecule is Cc1ccc(Nc2cc(C(=O)NCCc3ccccc3)ncn2)cc1C. The van der Waals surface area contributed by atoms with E-state index in [0.717, 1.165) is 12.1 Å². The molecule has 0 aliphatic heterocycles. The van der Waals surface area contributed by atoms with Gasteiger partial charge in [-0.1, -0.05) is 36.4 Å². The highest BCUT2D eigenvalue weighted by Gasteiger charge is 2.08. The van der Waals surface area contributed by atoms with Crippen molar-refractivity contribution in [2.45, 2.75) is 20.3 Å². The molecule has 0 aliphatic carbocycles. The Morgan fingerprint density at radius 2 is 1.77 bits per heavy atom. The van der Waals surface area contributed by atoms with Crippen molar-refractivity contribution < 1.29 is 4.79 Å². The summed E-state index contributed by atoms with van der Waals surface area (Å²) in [4.78, 5) is 20.6. The summed E-state index contributed by atoms with van der Waals surface area (Å²) in [5, 5.41) is 6.12. The van der Waals surface area contributed by atoms with E-state index in [1.165, 1.54) is 23.0 Å². The number of benzene rings is 2. The molecule has 3 rings (SSSR count). The number of carbonyl (C=O) groups is 1. The molecule has 0 aliphatic rings. The monoisotopic (exact) mass is 346 g/mol. The van der Waals surface area contributed by atoms with Gasteiger partial charge < -0.3 is 10.6 Å². The van der Waals surface area contributed by atoms with Gasteiger partial charge in [-0.15, -0.1) is 0 Å². The average Bonchev–Trinajstić information content (AvgIpc) is 2.66. The van der Waals surface area contributed by atoms with Crippen LogP contribution in [-0.2, 0) is 6.42 Å². The molecule has 0 spiro atoms. The van der Waals surface area contributed by atoms with Crippen molar-refractivity contribution in [1.29, 1.82) is 0 Å². The maximum absolute atomic E-state index is 12.3. The first-order valence-corrected chi connectivity index (χ1v) is 8.60. The van der Waals surface area contributed by atoms with Gasteiger partial charge >= 0.3 is 0 Å². The Morgan fingerprint density at radius 1 is 0.962 bits per heavy atom. The number of carbonyl (C=O) groups excluding carboxylic acids is 1. The summed E-state index contributed by atoms with van der Waals surface area (Å²) >= 11 is 0. The normalized spacial score (nSPS) is 10.4. The number of anilines is 2. The van der Waals surface area contributed by atoms with Crippen molar-refractivity contribution >= 4 is 17.4 Å². The van der Waals surface area contributed by atoms with Crippen LogP contribution in [0, 0.1) is 13.8 Å². The number of hydrogen-bond donors (Lipinski definition) is 2. The van der Waals surface area contributed by atoms with E-state index >= 15 is 0 Å². The topological polar surface area (TPSA) is 66.9 Å². The number of amides is 1. The van der Waals surface area contributed by atoms with Crippen LogP contribution in [0.5, 0.6) is 0 Å². The third-order valence-corrected chi connectivity index (χ3v) is 4.22. The van der Waals surface area contributed by atoms with Crippen LogP contribution in [0.15, 0.2) is 60.9 Å². The lowest BCUT2D eigenvalue weighted by Gasteiger charge is -2.09. The van der Waals surface area contributed by atoms with E-state index in [1.54, 1.807) is 6.07 Å². The van der Waals surface area contributed by atoms with Crippen LogP contribution >= 0.6 is 0 Å². The van der Waals surface area contributed by atoms with Gasteiger partial charge in [0, 0.05) is 18.3 Å². The molecule has 5 heteroatoms. The van der Waals surface area contributed by atoms with E-state index in [2.05, 4.69) is 46.6 Å². The Balaban J connectivity index is 1.60. The lowest BCUT2D eigenvalue weighted by molar-refractivity contribution is 0.0949. The number of nitrogens with zero attached hydrogens (tertiary/aromatic N) is 2. The minimum Gasteiger partial charge on any atom is -0.350 e. The zero-order valence-corrected chi connectivity index (χ0v) is 15.0. The van der Waals surface area contributed by atoms with E-state index in [9.17, 15) is 4.79 Å². The summed E-state index contributed by atoms with van der Waals surface area (Å²) in [7, 11) is 0. The highest BCUT2D eigenvalue weighted by molar-refractivity contribution is 5.92. The molecule has 2 N–H and O–H groups in total. The molecule has 0 fully saturated rings. The van der Waals surface area contributed by atoms with Gasteiger partial charge in [0.05, 0.1) is 0 Å². The summed E-state index contributed by atoms with van der Waals surface area (Å²) in [5.74, 6) is 0.392. The van der Waals surface area contributed by atoms with E-state index in [0.29, 0.717) is 18.1 Å². The maximum atomic E-state index is 12.3. The van der Waals surface area contributed by atoms with Crippen LogP contribution in [0.4, 0.5) is 11.5 Å². The summed E-state index contributed by atoms with van der Waals surface area (Å²) < 4.78 is 0. The van der Waals surface area contributed by atoms with Crippen molar-refractivity contribution in [3.63, 3.8) is 0 Å². The zero-order chi connectivity index (χ0) is 18.4. The quantitative estimate of drug-likeness (QED) is 0.712. The standard InChI is InChI=1S/C21H22N4O/c1-15-8-9-18(12-16(15)2)25-20-13-19(23-14-24-20)21(26)22-11-10-17-6-4-3-5-7-17/h3-9,12-14H,10-11H2,1-2H3,(H,22,26)(H,23,24,25). The molecule has 0 saturated heterocycles. The van der Waals surface area contributed by atoms with Crippen molar-refractivity contribution in [1.82, 2.24) is 15.3 Å². The largest absolute Gasteiger partial charge is 0.350 e. The first-order chi connectivity index (χ1) is 12.6. The lowest BCUT2D eigenvalue weighted by atomic mass is 10.1. The number of rotatable bonds is 6. The van der Waals surface area contributed by atoms with E-state index in [4.69, 9.17) is 0 Å². The first-order valence-electron chi connectivity index (χ1n) is 8.60. The van der Waals surface area contributed by atoms with Crippen LogP contribution in [0.2, 0.25) is 0 Å². The summed E-state index contributed by atoms with van der Waals surface area (Å²) in [6, 6.07) is 17.8. The van der Waals surface area contributed by atoms with Gasteiger partial charge in [-0.3, -0.25) is 4.79 Å². The summed E-state index contributed by atoms with van der Waals surface area (Å²) in [6.45, 7) is 4.69. The van der Waals surface area contributed by atoms with Gasteiger partial charge in [-0.2, -0.15) is 0 Å². The molecule has 0 atom stereocenters. The number of aromatic nitrogens is 2. The van der Waals surface area contributed by atoms with Gasteiger partial charge in [0.25, 0.3) is 5.91 Å². The van der Waals surface area contributed by atoms with Crippen molar-refractivity contribution in [2.24, 2.45) is 0 Å². The number of aryl methyl sites for hydroxylation is 2. The van der Waals surface area contributed by atoms with Gasteiger partial charge in [-0.05, 0) is 49.1 Å². The number of nitrogens with one attached hydrogen (secondary N) is 2.